The second kappa shape index (κ2) is 9.48. The molecule has 1 radical (unpaired) electrons. The van der Waals surface area contributed by atoms with E-state index in [1.54, 1.807) is 7.20 Å². The quantitative estimate of drug-likeness (QED) is 0.221. The summed E-state index contributed by atoms with van der Waals surface area (Å²) in [6, 6.07) is 0. The van der Waals surface area contributed by atoms with E-state index >= 15 is 0 Å². The van der Waals surface area contributed by atoms with Crippen LogP contribution in [0.5, 0.6) is 0 Å². The van der Waals surface area contributed by atoms with Crippen LogP contribution in [-0.2, 0) is 23.7 Å². The zero-order valence-corrected chi connectivity index (χ0v) is 8.26. The second-order valence-electron chi connectivity index (χ2n) is 2.02. The highest BCUT2D eigenvalue weighted by molar-refractivity contribution is 7.69. The molecule has 73 valence electrons. The summed E-state index contributed by atoms with van der Waals surface area (Å²) in [6.45, 7) is 2.76. The van der Waals surface area contributed by atoms with Crippen molar-refractivity contribution >= 4 is 28.6 Å². The minimum absolute atomic E-state index is 0.0168. The molecule has 0 N–H and O–H groups in total. The molecular formula is C6H11BO5P. The summed E-state index contributed by atoms with van der Waals surface area (Å²) < 4.78 is 14.0. The molecule has 0 saturated heterocycles. The Kier molecular flexibility index (Phi) is 9.04. The highest BCUT2D eigenvalue weighted by Gasteiger charge is 2.09. The Morgan fingerprint density at radius 2 is 2.15 bits per heavy atom. The van der Waals surface area contributed by atoms with Crippen molar-refractivity contribution < 1.29 is 23.7 Å². The lowest BCUT2D eigenvalue weighted by Crippen LogP contribution is -2.25. The summed E-state index contributed by atoms with van der Waals surface area (Å²) >= 11 is 0. The first kappa shape index (κ1) is 12.4. The zero-order valence-electron chi connectivity index (χ0n) is 7.26. The monoisotopic (exact) mass is 205 g/mol. The molecule has 13 heavy (non-hydrogen) atoms. The van der Waals surface area contributed by atoms with Crippen molar-refractivity contribution in [3.05, 3.63) is 0 Å². The van der Waals surface area contributed by atoms with Gasteiger partial charge in [0.2, 0.25) is 0 Å². The number of carbonyl (C=O) groups excluding carboxylic acids is 2. The summed E-state index contributed by atoms with van der Waals surface area (Å²) in [4.78, 5) is 19.8. The highest BCUT2D eigenvalue weighted by atomic mass is 31.1. The average molecular weight is 205 g/mol. The molecule has 0 aromatic rings. The van der Waals surface area contributed by atoms with Crippen molar-refractivity contribution in [1.82, 2.24) is 0 Å². The van der Waals surface area contributed by atoms with Crippen LogP contribution in [0.1, 0.15) is 0 Å². The van der Waals surface area contributed by atoms with Crippen LogP contribution in [-0.4, -0.2) is 46.1 Å². The average Bonchev–Trinajstić information content (AvgIpc) is 2.14. The van der Waals surface area contributed by atoms with Crippen LogP contribution in [0.25, 0.3) is 0 Å². The van der Waals surface area contributed by atoms with Crippen molar-refractivity contribution in [2.75, 3.05) is 19.9 Å². The minimum atomic E-state index is -0.532. The Labute approximate surface area is 79.1 Å². The van der Waals surface area contributed by atoms with E-state index in [2.05, 4.69) is 9.47 Å². The van der Waals surface area contributed by atoms with Crippen LogP contribution in [0, 0.1) is 0 Å². The van der Waals surface area contributed by atoms with E-state index in [0.717, 1.165) is 0 Å². The van der Waals surface area contributed by atoms with E-state index in [1.807, 2.05) is 6.66 Å². The van der Waals surface area contributed by atoms with E-state index in [1.165, 1.54) is 0 Å². The van der Waals surface area contributed by atoms with Gasteiger partial charge in [-0.2, -0.15) is 0 Å². The van der Waals surface area contributed by atoms with Crippen LogP contribution in [0.3, 0.4) is 0 Å². The second-order valence-corrected chi connectivity index (χ2v) is 2.84. The normalized spacial score (nSPS) is 12.4. The molecule has 0 bridgehead atoms. The van der Waals surface area contributed by atoms with E-state index in [0.29, 0.717) is 21.4 Å². The predicted molar refractivity (Wildman–Crippen MR) is 48.9 cm³/mol. The van der Waals surface area contributed by atoms with Gasteiger partial charge in [-0.25, -0.2) is 0 Å². The van der Waals surface area contributed by atoms with Crippen LogP contribution in [0.4, 0.5) is 0 Å². The summed E-state index contributed by atoms with van der Waals surface area (Å²) in [6.07, 6.45) is -0.532. The Morgan fingerprint density at radius 3 is 2.69 bits per heavy atom. The first-order valence-electron chi connectivity index (χ1n) is 3.60. The van der Waals surface area contributed by atoms with Gasteiger partial charge in [-0.3, -0.25) is 9.59 Å². The summed E-state index contributed by atoms with van der Waals surface area (Å²) in [7, 11) is 2.17. The molecule has 2 unspecified atom stereocenters. The van der Waals surface area contributed by atoms with Crippen molar-refractivity contribution in [3.63, 3.8) is 0 Å². The molecule has 0 rings (SSSR count). The molecule has 0 heterocycles. The molecule has 0 spiro atoms. The van der Waals surface area contributed by atoms with Crippen LogP contribution >= 0.6 is 8.46 Å². The van der Waals surface area contributed by atoms with Crippen LogP contribution in [0.2, 0.25) is 0 Å². The first-order valence-corrected chi connectivity index (χ1v) is 5.17. The molecule has 0 fully saturated rings. The smallest absolute Gasteiger partial charge is 0.321 e. The highest BCUT2D eigenvalue weighted by Crippen LogP contribution is 1.99. The van der Waals surface area contributed by atoms with Crippen LogP contribution in [0.15, 0.2) is 0 Å². The van der Waals surface area contributed by atoms with Gasteiger partial charge in [-0.15, -0.1) is 8.46 Å². The number of carbonyl (C=O) groups is 2. The largest absolute Gasteiger partial charge is 0.464 e. The molecule has 0 saturated carbocycles. The Bertz CT molecular complexity index is 145. The van der Waals surface area contributed by atoms with E-state index in [-0.39, 0.29) is 13.2 Å². The van der Waals surface area contributed by atoms with Gasteiger partial charge < -0.3 is 14.1 Å². The molecule has 2 atom stereocenters. The Morgan fingerprint density at radius 1 is 1.38 bits per heavy atom. The van der Waals surface area contributed by atoms with Gasteiger partial charge in [0.1, 0.15) is 6.61 Å². The summed E-state index contributed by atoms with van der Waals surface area (Å²) in [5, 5.41) is 0. The molecule has 0 aromatic heterocycles. The SMILES string of the molecule is CP[B]OCC(COC=O)OC=O. The Hall–Kier alpha value is -0.605. The molecule has 5 nitrogen and oxygen atoms in total. The number of rotatable bonds is 9. The number of hydrogen-bond donors (Lipinski definition) is 0. The van der Waals surface area contributed by atoms with Crippen molar-refractivity contribution in [3.8, 4) is 0 Å². The molecule has 7 heteroatoms. The topological polar surface area (TPSA) is 61.8 Å². The third-order valence-electron chi connectivity index (χ3n) is 1.08. The fraction of sp³-hybridized carbons (Fsp3) is 0.667. The van der Waals surface area contributed by atoms with Gasteiger partial charge in [0.15, 0.2) is 6.10 Å². The standard InChI is InChI=1S/C6H11BO5P/c1-13-7-12-3-6(11-5-9)2-10-4-8/h4-6,13H,2-3H2,1H3. The Balaban J connectivity index is 3.52. The zero-order chi connectivity index (χ0) is 9.94. The first-order chi connectivity index (χ1) is 6.35. The third kappa shape index (κ3) is 7.75. The van der Waals surface area contributed by atoms with Gasteiger partial charge in [0.25, 0.3) is 12.9 Å². The van der Waals surface area contributed by atoms with Crippen molar-refractivity contribution in [1.29, 1.82) is 0 Å². The van der Waals surface area contributed by atoms with Gasteiger partial charge in [-0.1, -0.05) is 6.66 Å². The van der Waals surface area contributed by atoms with E-state index in [4.69, 9.17) is 4.65 Å². The lowest BCUT2D eigenvalue weighted by molar-refractivity contribution is -0.144. The van der Waals surface area contributed by atoms with E-state index in [9.17, 15) is 9.59 Å². The molecule has 0 amide bonds. The van der Waals surface area contributed by atoms with Crippen molar-refractivity contribution in [2.45, 2.75) is 6.10 Å². The van der Waals surface area contributed by atoms with Crippen LogP contribution < -0.4 is 0 Å². The van der Waals surface area contributed by atoms with E-state index < -0.39 is 6.10 Å². The predicted octanol–water partition coefficient (Wildman–Crippen LogP) is -0.440. The minimum Gasteiger partial charge on any atom is -0.464 e. The molecule has 0 aliphatic rings. The molecule has 0 aromatic carbocycles. The van der Waals surface area contributed by atoms with Gasteiger partial charge >= 0.3 is 7.20 Å². The lowest BCUT2D eigenvalue weighted by atomic mass is 10.4. The van der Waals surface area contributed by atoms with Gasteiger partial charge in [0, 0.05) is 0 Å². The lowest BCUT2D eigenvalue weighted by Gasteiger charge is -2.13. The number of ether oxygens (including phenoxy) is 2. The maximum Gasteiger partial charge on any atom is 0.321 e. The maximum atomic E-state index is 9.98. The summed E-state index contributed by atoms with van der Waals surface area (Å²) in [5.41, 5.74) is 0. The maximum absolute atomic E-state index is 9.98. The molecule has 0 aliphatic heterocycles. The van der Waals surface area contributed by atoms with Crippen molar-refractivity contribution in [2.24, 2.45) is 0 Å². The third-order valence-corrected chi connectivity index (χ3v) is 1.48. The van der Waals surface area contributed by atoms with Gasteiger partial charge in [-0.05, 0) is 0 Å². The fourth-order valence-electron chi connectivity index (χ4n) is 0.591. The molecule has 0 aliphatic carbocycles. The van der Waals surface area contributed by atoms with Gasteiger partial charge in [0.05, 0.1) is 6.61 Å². The summed E-state index contributed by atoms with van der Waals surface area (Å²) in [5.74, 6) is 0. The number of hydrogen-bond acceptors (Lipinski definition) is 5. The molecular weight excluding hydrogens is 194 g/mol. The fourth-order valence-corrected chi connectivity index (χ4v) is 0.854.